The minimum absolute atomic E-state index is 0.0595. The number of nitrogens with zero attached hydrogens (tertiary/aromatic N) is 1. The standard InChI is InChI=1S/C10H8Cl2N2O/c1-3-6(2)13-10(15)7-4-5-8(11)14-9(7)12/h1,4-6H,2H3,(H,13,15). The second-order valence-electron chi connectivity index (χ2n) is 2.83. The fourth-order valence-electron chi connectivity index (χ4n) is 0.898. The Balaban J connectivity index is 2.88. The van der Waals surface area contributed by atoms with Crippen molar-refractivity contribution in [1.29, 1.82) is 0 Å². The maximum atomic E-state index is 11.6. The number of carbonyl (C=O) groups excluding carboxylic acids is 1. The third kappa shape index (κ3) is 3.12. The molecule has 78 valence electrons. The van der Waals surface area contributed by atoms with Gasteiger partial charge in [0.1, 0.15) is 10.3 Å². The van der Waals surface area contributed by atoms with Crippen LogP contribution in [0.1, 0.15) is 17.3 Å². The van der Waals surface area contributed by atoms with Crippen molar-refractivity contribution in [3.05, 3.63) is 28.0 Å². The van der Waals surface area contributed by atoms with E-state index >= 15 is 0 Å². The summed E-state index contributed by atoms with van der Waals surface area (Å²) in [5, 5.41) is 2.86. The second kappa shape index (κ2) is 5.01. The predicted octanol–water partition coefficient (Wildman–Crippen LogP) is 2.14. The molecular formula is C10H8Cl2N2O. The Hall–Kier alpha value is -1.24. The Bertz CT molecular complexity index is 426. The highest BCUT2D eigenvalue weighted by Gasteiger charge is 2.12. The average Bonchev–Trinajstić information content (AvgIpc) is 2.17. The number of pyridine rings is 1. The molecule has 0 aliphatic carbocycles. The normalized spacial score (nSPS) is 11.6. The number of terminal acetylenes is 1. The summed E-state index contributed by atoms with van der Waals surface area (Å²) in [5.74, 6) is 2.01. The minimum Gasteiger partial charge on any atom is -0.339 e. The zero-order chi connectivity index (χ0) is 11.4. The van der Waals surface area contributed by atoms with E-state index in [1.807, 2.05) is 0 Å². The van der Waals surface area contributed by atoms with Crippen LogP contribution in [0.25, 0.3) is 0 Å². The van der Waals surface area contributed by atoms with Gasteiger partial charge in [-0.25, -0.2) is 4.98 Å². The summed E-state index contributed by atoms with van der Waals surface area (Å²) in [6, 6.07) is 2.63. The van der Waals surface area contributed by atoms with E-state index in [1.165, 1.54) is 12.1 Å². The summed E-state index contributed by atoms with van der Waals surface area (Å²) in [5.41, 5.74) is 0.253. The Morgan fingerprint density at radius 1 is 1.60 bits per heavy atom. The summed E-state index contributed by atoms with van der Waals surface area (Å²) < 4.78 is 0. The lowest BCUT2D eigenvalue weighted by atomic mass is 10.2. The van der Waals surface area contributed by atoms with Crippen LogP contribution in [0.4, 0.5) is 0 Å². The molecule has 1 atom stereocenters. The van der Waals surface area contributed by atoms with Gasteiger partial charge in [-0.2, -0.15) is 0 Å². The van der Waals surface area contributed by atoms with Crippen LogP contribution in [-0.2, 0) is 0 Å². The first-order valence-electron chi connectivity index (χ1n) is 4.13. The summed E-state index contributed by atoms with van der Waals surface area (Å²) in [7, 11) is 0. The third-order valence-electron chi connectivity index (χ3n) is 1.66. The SMILES string of the molecule is C#CC(C)NC(=O)c1ccc(Cl)nc1Cl. The lowest BCUT2D eigenvalue weighted by Crippen LogP contribution is -2.31. The third-order valence-corrected chi connectivity index (χ3v) is 2.16. The van der Waals surface area contributed by atoms with Gasteiger partial charge in [-0.15, -0.1) is 6.42 Å². The number of hydrogen-bond acceptors (Lipinski definition) is 2. The molecule has 0 aliphatic rings. The van der Waals surface area contributed by atoms with Gasteiger partial charge in [0.15, 0.2) is 0 Å². The maximum absolute atomic E-state index is 11.6. The summed E-state index contributed by atoms with van der Waals surface area (Å²) in [6.45, 7) is 1.69. The molecule has 1 rings (SSSR count). The summed E-state index contributed by atoms with van der Waals surface area (Å²) in [6.07, 6.45) is 5.13. The summed E-state index contributed by atoms with van der Waals surface area (Å²) >= 11 is 11.3. The number of rotatable bonds is 2. The Morgan fingerprint density at radius 3 is 2.80 bits per heavy atom. The number of carbonyl (C=O) groups is 1. The fraction of sp³-hybridized carbons (Fsp3) is 0.200. The van der Waals surface area contributed by atoms with Gasteiger partial charge in [-0.3, -0.25) is 4.79 Å². The molecule has 1 N–H and O–H groups in total. The van der Waals surface area contributed by atoms with Gasteiger partial charge in [0.2, 0.25) is 0 Å². The first kappa shape index (κ1) is 11.8. The van der Waals surface area contributed by atoms with Crippen molar-refractivity contribution in [3.63, 3.8) is 0 Å². The predicted molar refractivity (Wildman–Crippen MR) is 60.0 cm³/mol. The maximum Gasteiger partial charge on any atom is 0.255 e. The number of halogens is 2. The van der Waals surface area contributed by atoms with Gasteiger partial charge in [-0.05, 0) is 19.1 Å². The molecule has 15 heavy (non-hydrogen) atoms. The van der Waals surface area contributed by atoms with Crippen LogP contribution in [0.3, 0.4) is 0 Å². The second-order valence-corrected chi connectivity index (χ2v) is 3.58. The molecule has 0 aromatic carbocycles. The van der Waals surface area contributed by atoms with Gasteiger partial charge in [0.05, 0.1) is 11.6 Å². The number of nitrogens with one attached hydrogen (secondary N) is 1. The van der Waals surface area contributed by atoms with E-state index in [-0.39, 0.29) is 27.8 Å². The van der Waals surface area contributed by atoms with Crippen molar-refractivity contribution < 1.29 is 4.79 Å². The van der Waals surface area contributed by atoms with Crippen molar-refractivity contribution in [3.8, 4) is 12.3 Å². The molecule has 0 fully saturated rings. The zero-order valence-electron chi connectivity index (χ0n) is 7.92. The first-order valence-corrected chi connectivity index (χ1v) is 4.89. The molecule has 0 radical (unpaired) electrons. The van der Waals surface area contributed by atoms with E-state index < -0.39 is 0 Å². The van der Waals surface area contributed by atoms with Crippen molar-refractivity contribution in [2.24, 2.45) is 0 Å². The van der Waals surface area contributed by atoms with Crippen LogP contribution in [0.5, 0.6) is 0 Å². The molecule has 5 heteroatoms. The number of amides is 1. The van der Waals surface area contributed by atoms with Gasteiger partial charge in [0, 0.05) is 0 Å². The average molecular weight is 243 g/mol. The van der Waals surface area contributed by atoms with Crippen LogP contribution >= 0.6 is 23.2 Å². The largest absolute Gasteiger partial charge is 0.339 e. The van der Waals surface area contributed by atoms with Crippen LogP contribution in [0, 0.1) is 12.3 Å². The Kier molecular flexibility index (Phi) is 3.96. The van der Waals surface area contributed by atoms with Crippen molar-refractivity contribution >= 4 is 29.1 Å². The number of hydrogen-bond donors (Lipinski definition) is 1. The molecule has 1 aromatic rings. The van der Waals surface area contributed by atoms with Crippen LogP contribution in [0.2, 0.25) is 10.3 Å². The topological polar surface area (TPSA) is 42.0 Å². The number of aromatic nitrogens is 1. The Morgan fingerprint density at radius 2 is 2.27 bits per heavy atom. The van der Waals surface area contributed by atoms with Gasteiger partial charge >= 0.3 is 0 Å². The smallest absolute Gasteiger partial charge is 0.255 e. The van der Waals surface area contributed by atoms with E-state index in [4.69, 9.17) is 29.6 Å². The highest BCUT2D eigenvalue weighted by molar-refractivity contribution is 6.34. The van der Waals surface area contributed by atoms with Crippen molar-refractivity contribution in [2.45, 2.75) is 13.0 Å². The van der Waals surface area contributed by atoms with E-state index in [2.05, 4.69) is 16.2 Å². The van der Waals surface area contributed by atoms with Gasteiger partial charge < -0.3 is 5.32 Å². The van der Waals surface area contributed by atoms with E-state index in [0.717, 1.165) is 0 Å². The monoisotopic (exact) mass is 242 g/mol. The minimum atomic E-state index is -0.366. The lowest BCUT2D eigenvalue weighted by Gasteiger charge is -2.08. The molecule has 0 bridgehead atoms. The molecule has 3 nitrogen and oxygen atoms in total. The highest BCUT2D eigenvalue weighted by Crippen LogP contribution is 2.16. The van der Waals surface area contributed by atoms with Crippen molar-refractivity contribution in [2.75, 3.05) is 0 Å². The van der Waals surface area contributed by atoms with Crippen LogP contribution < -0.4 is 5.32 Å². The fourth-order valence-corrected chi connectivity index (χ4v) is 1.33. The molecule has 0 saturated heterocycles. The first-order chi connectivity index (χ1) is 7.04. The quantitative estimate of drug-likeness (QED) is 0.638. The van der Waals surface area contributed by atoms with Crippen molar-refractivity contribution in [1.82, 2.24) is 10.3 Å². The van der Waals surface area contributed by atoms with E-state index in [1.54, 1.807) is 6.92 Å². The zero-order valence-corrected chi connectivity index (χ0v) is 9.43. The molecular weight excluding hydrogens is 235 g/mol. The molecule has 1 unspecified atom stereocenters. The molecule has 1 heterocycles. The van der Waals surface area contributed by atoms with Crippen LogP contribution in [-0.4, -0.2) is 16.9 Å². The molecule has 0 spiro atoms. The molecule has 0 saturated carbocycles. The van der Waals surface area contributed by atoms with E-state index in [0.29, 0.717) is 0 Å². The molecule has 1 amide bonds. The van der Waals surface area contributed by atoms with Gasteiger partial charge in [0.25, 0.3) is 5.91 Å². The van der Waals surface area contributed by atoms with Crippen LogP contribution in [0.15, 0.2) is 12.1 Å². The Labute approximate surface area is 97.8 Å². The highest BCUT2D eigenvalue weighted by atomic mass is 35.5. The van der Waals surface area contributed by atoms with E-state index in [9.17, 15) is 4.79 Å². The molecule has 0 aliphatic heterocycles. The van der Waals surface area contributed by atoms with Gasteiger partial charge in [-0.1, -0.05) is 29.1 Å². The molecule has 1 aromatic heterocycles. The lowest BCUT2D eigenvalue weighted by molar-refractivity contribution is 0.0948. The summed E-state index contributed by atoms with van der Waals surface area (Å²) in [4.78, 5) is 15.3.